The van der Waals surface area contributed by atoms with Gasteiger partial charge in [0.25, 0.3) is 0 Å². The van der Waals surface area contributed by atoms with Crippen LogP contribution in [0.25, 0.3) is 0 Å². The van der Waals surface area contributed by atoms with Gasteiger partial charge in [-0.2, -0.15) is 0 Å². The zero-order valence-corrected chi connectivity index (χ0v) is 13.2. The van der Waals surface area contributed by atoms with E-state index in [0.717, 1.165) is 11.1 Å². The Hall–Kier alpha value is -2.18. The maximum absolute atomic E-state index is 12.4. The molecule has 0 aliphatic rings. The van der Waals surface area contributed by atoms with Gasteiger partial charge < -0.3 is 5.73 Å². The van der Waals surface area contributed by atoms with E-state index < -0.39 is 15.9 Å². The number of rotatable bonds is 5. The fraction of sp³-hybridized carbons (Fsp3) is 0.188. The molecule has 0 saturated carbocycles. The van der Waals surface area contributed by atoms with E-state index in [1.165, 1.54) is 24.3 Å². The Kier molecular flexibility index (Phi) is 4.63. The predicted octanol–water partition coefficient (Wildman–Crippen LogP) is 2.13. The highest BCUT2D eigenvalue weighted by molar-refractivity contribution is 7.89. The minimum atomic E-state index is -3.67. The third-order valence-corrected chi connectivity index (χ3v) is 4.99. The SMILES string of the molecule is Cc1ccccc1C(C)NS(=O)(=O)c1ccc(C(N)=O)cc1. The molecule has 116 valence electrons. The Balaban J connectivity index is 2.24. The Labute approximate surface area is 130 Å². The van der Waals surface area contributed by atoms with Crippen LogP contribution in [0.1, 0.15) is 34.5 Å². The van der Waals surface area contributed by atoms with Gasteiger partial charge in [-0.05, 0) is 49.2 Å². The van der Waals surface area contributed by atoms with Gasteiger partial charge in [-0.15, -0.1) is 0 Å². The summed E-state index contributed by atoms with van der Waals surface area (Å²) in [5.74, 6) is -0.592. The molecule has 0 fully saturated rings. The topological polar surface area (TPSA) is 89.3 Å². The van der Waals surface area contributed by atoms with Crippen molar-refractivity contribution in [1.29, 1.82) is 0 Å². The third-order valence-electron chi connectivity index (χ3n) is 3.44. The van der Waals surface area contributed by atoms with Gasteiger partial charge in [0, 0.05) is 11.6 Å². The number of hydrogen-bond acceptors (Lipinski definition) is 3. The summed E-state index contributed by atoms with van der Waals surface area (Å²) < 4.78 is 27.4. The second-order valence-electron chi connectivity index (χ2n) is 5.09. The number of benzene rings is 2. The van der Waals surface area contributed by atoms with E-state index in [2.05, 4.69) is 4.72 Å². The Morgan fingerprint density at radius 1 is 1.09 bits per heavy atom. The van der Waals surface area contributed by atoms with Gasteiger partial charge in [-0.25, -0.2) is 13.1 Å². The third kappa shape index (κ3) is 3.52. The van der Waals surface area contributed by atoms with Crippen LogP contribution < -0.4 is 10.5 Å². The van der Waals surface area contributed by atoms with E-state index in [1.807, 2.05) is 31.2 Å². The van der Waals surface area contributed by atoms with Crippen LogP contribution in [-0.2, 0) is 10.0 Å². The molecule has 2 aromatic rings. The number of primary amides is 1. The van der Waals surface area contributed by atoms with Crippen molar-refractivity contribution >= 4 is 15.9 Å². The normalized spacial score (nSPS) is 12.8. The molecular formula is C16H18N2O3S. The molecular weight excluding hydrogens is 300 g/mol. The molecule has 2 rings (SSSR count). The summed E-state index contributed by atoms with van der Waals surface area (Å²) in [7, 11) is -3.67. The molecule has 0 aliphatic heterocycles. The monoisotopic (exact) mass is 318 g/mol. The maximum atomic E-state index is 12.4. The van der Waals surface area contributed by atoms with Gasteiger partial charge in [0.2, 0.25) is 15.9 Å². The molecule has 0 aliphatic carbocycles. The first-order chi connectivity index (χ1) is 10.3. The summed E-state index contributed by atoms with van der Waals surface area (Å²) >= 11 is 0. The van der Waals surface area contributed by atoms with Crippen molar-refractivity contribution < 1.29 is 13.2 Å². The molecule has 1 atom stereocenters. The maximum Gasteiger partial charge on any atom is 0.248 e. The van der Waals surface area contributed by atoms with Crippen LogP contribution >= 0.6 is 0 Å². The van der Waals surface area contributed by atoms with Gasteiger partial charge in [0.1, 0.15) is 0 Å². The number of sulfonamides is 1. The highest BCUT2D eigenvalue weighted by Gasteiger charge is 2.19. The van der Waals surface area contributed by atoms with E-state index in [4.69, 9.17) is 5.73 Å². The number of hydrogen-bond donors (Lipinski definition) is 2. The van der Waals surface area contributed by atoms with E-state index >= 15 is 0 Å². The summed E-state index contributed by atoms with van der Waals surface area (Å²) in [5, 5.41) is 0. The van der Waals surface area contributed by atoms with Crippen molar-refractivity contribution in [3.63, 3.8) is 0 Å². The second-order valence-corrected chi connectivity index (χ2v) is 6.80. The number of carbonyl (C=O) groups excluding carboxylic acids is 1. The van der Waals surface area contributed by atoms with Crippen molar-refractivity contribution in [3.8, 4) is 0 Å². The van der Waals surface area contributed by atoms with Gasteiger partial charge >= 0.3 is 0 Å². The summed E-state index contributed by atoms with van der Waals surface area (Å²) in [5.41, 5.74) is 7.34. The zero-order valence-electron chi connectivity index (χ0n) is 12.4. The predicted molar refractivity (Wildman–Crippen MR) is 84.9 cm³/mol. The largest absolute Gasteiger partial charge is 0.366 e. The van der Waals surface area contributed by atoms with Crippen LogP contribution in [0.5, 0.6) is 0 Å². The highest BCUT2D eigenvalue weighted by atomic mass is 32.2. The number of nitrogens with two attached hydrogens (primary N) is 1. The van der Waals surface area contributed by atoms with E-state index in [0.29, 0.717) is 0 Å². The Morgan fingerprint density at radius 2 is 1.68 bits per heavy atom. The lowest BCUT2D eigenvalue weighted by atomic mass is 10.0. The van der Waals surface area contributed by atoms with E-state index in [1.54, 1.807) is 6.92 Å². The van der Waals surface area contributed by atoms with Crippen molar-refractivity contribution in [1.82, 2.24) is 4.72 Å². The van der Waals surface area contributed by atoms with Crippen molar-refractivity contribution in [2.45, 2.75) is 24.8 Å². The van der Waals surface area contributed by atoms with E-state index in [-0.39, 0.29) is 16.5 Å². The molecule has 0 aromatic heterocycles. The van der Waals surface area contributed by atoms with E-state index in [9.17, 15) is 13.2 Å². The fourth-order valence-corrected chi connectivity index (χ4v) is 3.46. The summed E-state index contributed by atoms with van der Waals surface area (Å²) in [6.45, 7) is 3.72. The van der Waals surface area contributed by atoms with Gasteiger partial charge in [-0.1, -0.05) is 24.3 Å². The quantitative estimate of drug-likeness (QED) is 0.885. The van der Waals surface area contributed by atoms with Crippen LogP contribution in [0, 0.1) is 6.92 Å². The summed E-state index contributed by atoms with van der Waals surface area (Å²) in [6.07, 6.45) is 0. The summed E-state index contributed by atoms with van der Waals surface area (Å²) in [6, 6.07) is 12.8. The first-order valence-electron chi connectivity index (χ1n) is 6.79. The van der Waals surface area contributed by atoms with Gasteiger partial charge in [0.05, 0.1) is 4.90 Å². The lowest BCUT2D eigenvalue weighted by Gasteiger charge is -2.16. The molecule has 1 unspecified atom stereocenters. The minimum absolute atomic E-state index is 0.0953. The molecule has 6 heteroatoms. The molecule has 0 saturated heterocycles. The van der Waals surface area contributed by atoms with Crippen LogP contribution in [-0.4, -0.2) is 14.3 Å². The van der Waals surface area contributed by atoms with Crippen molar-refractivity contribution in [3.05, 3.63) is 65.2 Å². The van der Waals surface area contributed by atoms with Crippen LogP contribution in [0.2, 0.25) is 0 Å². The van der Waals surface area contributed by atoms with Crippen LogP contribution in [0.3, 0.4) is 0 Å². The number of aryl methyl sites for hydroxylation is 1. The average Bonchev–Trinajstić information content (AvgIpc) is 2.47. The van der Waals surface area contributed by atoms with Gasteiger partial charge in [0.15, 0.2) is 0 Å². The number of nitrogens with one attached hydrogen (secondary N) is 1. The molecule has 0 bridgehead atoms. The second kappa shape index (κ2) is 6.29. The zero-order chi connectivity index (χ0) is 16.3. The van der Waals surface area contributed by atoms with Gasteiger partial charge in [-0.3, -0.25) is 4.79 Å². The number of amides is 1. The molecule has 5 nitrogen and oxygen atoms in total. The van der Waals surface area contributed by atoms with Crippen LogP contribution in [0.15, 0.2) is 53.4 Å². The lowest BCUT2D eigenvalue weighted by Crippen LogP contribution is -2.27. The standard InChI is InChI=1S/C16H18N2O3S/c1-11-5-3-4-6-15(11)12(2)18-22(20,21)14-9-7-13(8-10-14)16(17)19/h3-10,12,18H,1-2H3,(H2,17,19). The van der Waals surface area contributed by atoms with Crippen LogP contribution in [0.4, 0.5) is 0 Å². The number of carbonyl (C=O) groups is 1. The lowest BCUT2D eigenvalue weighted by molar-refractivity contribution is 0.1000. The summed E-state index contributed by atoms with van der Waals surface area (Å²) in [4.78, 5) is 11.1. The molecule has 3 N–H and O–H groups in total. The molecule has 0 heterocycles. The smallest absolute Gasteiger partial charge is 0.248 e. The molecule has 22 heavy (non-hydrogen) atoms. The average molecular weight is 318 g/mol. The highest BCUT2D eigenvalue weighted by Crippen LogP contribution is 2.20. The van der Waals surface area contributed by atoms with Crippen molar-refractivity contribution in [2.75, 3.05) is 0 Å². The molecule has 0 radical (unpaired) electrons. The molecule has 1 amide bonds. The molecule has 2 aromatic carbocycles. The Bertz CT molecular complexity index is 783. The first kappa shape index (κ1) is 16.2. The fourth-order valence-electron chi connectivity index (χ4n) is 2.24. The van der Waals surface area contributed by atoms with Crippen molar-refractivity contribution in [2.24, 2.45) is 5.73 Å². The molecule has 0 spiro atoms. The minimum Gasteiger partial charge on any atom is -0.366 e. The first-order valence-corrected chi connectivity index (χ1v) is 8.27. The Morgan fingerprint density at radius 3 is 2.23 bits per heavy atom.